The molecule has 0 aliphatic carbocycles. The Kier molecular flexibility index (Phi) is 5.62. The van der Waals surface area contributed by atoms with Crippen LogP contribution in [0.5, 0.6) is 0 Å². The minimum Gasteiger partial charge on any atom is -0.455 e. The molecule has 2 aromatic carbocycles. The standard InChI is InChI=1S/C20H17NO5/c21-12-16-11-17(25-19(22)14-7-3-1-4-8-14)18(13-24-16)26-20(23)15-9-5-2-6-10-15/h1-10,16-18H,11,13H2/t16-,17+,18-/m1/s1. The van der Waals surface area contributed by atoms with Gasteiger partial charge >= 0.3 is 11.9 Å². The molecule has 2 aromatic rings. The number of nitrogens with zero attached hydrogens (tertiary/aromatic N) is 1. The first-order valence-electron chi connectivity index (χ1n) is 8.20. The highest BCUT2D eigenvalue weighted by molar-refractivity contribution is 5.90. The fourth-order valence-corrected chi connectivity index (χ4v) is 2.63. The zero-order valence-electron chi connectivity index (χ0n) is 13.9. The predicted molar refractivity (Wildman–Crippen MR) is 91.3 cm³/mol. The van der Waals surface area contributed by atoms with Gasteiger partial charge in [0.1, 0.15) is 12.2 Å². The number of nitriles is 1. The second kappa shape index (κ2) is 8.28. The van der Waals surface area contributed by atoms with E-state index in [0.29, 0.717) is 11.1 Å². The van der Waals surface area contributed by atoms with E-state index in [1.807, 2.05) is 6.07 Å². The summed E-state index contributed by atoms with van der Waals surface area (Å²) in [6.07, 6.45) is -2.11. The number of hydrogen-bond acceptors (Lipinski definition) is 6. The highest BCUT2D eigenvalue weighted by Crippen LogP contribution is 2.22. The van der Waals surface area contributed by atoms with Gasteiger partial charge in [-0.1, -0.05) is 36.4 Å². The van der Waals surface area contributed by atoms with Crippen molar-refractivity contribution in [1.29, 1.82) is 5.26 Å². The second-order valence-corrected chi connectivity index (χ2v) is 5.81. The Morgan fingerprint density at radius 2 is 1.38 bits per heavy atom. The van der Waals surface area contributed by atoms with Crippen LogP contribution in [-0.4, -0.2) is 36.9 Å². The molecule has 0 amide bonds. The first-order valence-corrected chi connectivity index (χ1v) is 8.20. The van der Waals surface area contributed by atoms with Gasteiger partial charge in [-0.05, 0) is 24.3 Å². The van der Waals surface area contributed by atoms with Crippen molar-refractivity contribution in [2.24, 2.45) is 0 Å². The lowest BCUT2D eigenvalue weighted by Gasteiger charge is -2.32. The van der Waals surface area contributed by atoms with Gasteiger partial charge in [-0.3, -0.25) is 0 Å². The summed E-state index contributed by atoms with van der Waals surface area (Å²) in [5.41, 5.74) is 0.781. The Labute approximate surface area is 150 Å². The highest BCUT2D eigenvalue weighted by atomic mass is 16.6. The zero-order valence-corrected chi connectivity index (χ0v) is 13.9. The minimum atomic E-state index is -0.778. The van der Waals surface area contributed by atoms with Gasteiger partial charge in [-0.25, -0.2) is 9.59 Å². The molecule has 26 heavy (non-hydrogen) atoms. The van der Waals surface area contributed by atoms with Gasteiger partial charge in [0.2, 0.25) is 0 Å². The van der Waals surface area contributed by atoms with Crippen LogP contribution in [0, 0.1) is 11.3 Å². The fraction of sp³-hybridized carbons (Fsp3) is 0.250. The molecule has 1 saturated heterocycles. The smallest absolute Gasteiger partial charge is 0.338 e. The van der Waals surface area contributed by atoms with Crippen molar-refractivity contribution in [3.63, 3.8) is 0 Å². The molecule has 0 N–H and O–H groups in total. The zero-order chi connectivity index (χ0) is 18.4. The first-order chi connectivity index (χ1) is 12.7. The maximum atomic E-state index is 12.3. The van der Waals surface area contributed by atoms with Crippen molar-refractivity contribution in [2.75, 3.05) is 6.61 Å². The molecule has 0 aromatic heterocycles. The third kappa shape index (κ3) is 4.26. The van der Waals surface area contributed by atoms with Gasteiger partial charge in [0.25, 0.3) is 0 Å². The average Bonchev–Trinajstić information content (AvgIpc) is 2.70. The molecular weight excluding hydrogens is 334 g/mol. The minimum absolute atomic E-state index is 0.0104. The maximum absolute atomic E-state index is 12.3. The highest BCUT2D eigenvalue weighted by Gasteiger charge is 2.37. The summed E-state index contributed by atoms with van der Waals surface area (Å²) < 4.78 is 16.3. The van der Waals surface area contributed by atoms with Gasteiger partial charge in [-0.2, -0.15) is 5.26 Å². The van der Waals surface area contributed by atoms with Crippen LogP contribution in [0.15, 0.2) is 60.7 Å². The number of benzene rings is 2. The summed E-state index contributed by atoms with van der Waals surface area (Å²) in [6, 6.07) is 19.0. The molecule has 0 spiro atoms. The van der Waals surface area contributed by atoms with Crippen molar-refractivity contribution in [3.8, 4) is 6.07 Å². The summed E-state index contributed by atoms with van der Waals surface area (Å²) in [5, 5.41) is 9.08. The van der Waals surface area contributed by atoms with E-state index in [9.17, 15) is 9.59 Å². The quantitative estimate of drug-likeness (QED) is 0.788. The van der Waals surface area contributed by atoms with E-state index in [1.54, 1.807) is 60.7 Å². The van der Waals surface area contributed by atoms with E-state index in [4.69, 9.17) is 19.5 Å². The first kappa shape index (κ1) is 17.6. The third-order valence-corrected chi connectivity index (χ3v) is 4.00. The molecule has 0 saturated carbocycles. The van der Waals surface area contributed by atoms with Crippen LogP contribution < -0.4 is 0 Å². The fourth-order valence-electron chi connectivity index (χ4n) is 2.63. The van der Waals surface area contributed by atoms with Gasteiger partial charge in [0.05, 0.1) is 23.8 Å². The predicted octanol–water partition coefficient (Wildman–Crippen LogP) is 2.75. The second-order valence-electron chi connectivity index (χ2n) is 5.81. The van der Waals surface area contributed by atoms with Crippen molar-refractivity contribution in [2.45, 2.75) is 24.7 Å². The van der Waals surface area contributed by atoms with Crippen LogP contribution in [-0.2, 0) is 14.2 Å². The van der Waals surface area contributed by atoms with E-state index >= 15 is 0 Å². The number of ether oxygens (including phenoxy) is 3. The van der Waals surface area contributed by atoms with Gasteiger partial charge in [0, 0.05) is 6.42 Å². The molecule has 6 heteroatoms. The van der Waals surface area contributed by atoms with Crippen LogP contribution in [0.25, 0.3) is 0 Å². The molecule has 1 fully saturated rings. The molecule has 1 heterocycles. The number of rotatable bonds is 4. The number of hydrogen-bond donors (Lipinski definition) is 0. The van der Waals surface area contributed by atoms with E-state index in [0.717, 1.165) is 0 Å². The van der Waals surface area contributed by atoms with Crippen molar-refractivity contribution in [3.05, 3.63) is 71.8 Å². The Hall–Kier alpha value is -3.17. The summed E-state index contributed by atoms with van der Waals surface area (Å²) >= 11 is 0. The Morgan fingerprint density at radius 1 is 0.885 bits per heavy atom. The topological polar surface area (TPSA) is 85.6 Å². The van der Waals surface area contributed by atoms with E-state index in [1.165, 1.54) is 0 Å². The summed E-state index contributed by atoms with van der Waals surface area (Å²) in [4.78, 5) is 24.6. The summed E-state index contributed by atoms with van der Waals surface area (Å²) in [6.45, 7) is -0.0104. The number of carbonyl (C=O) groups excluding carboxylic acids is 2. The van der Waals surface area contributed by atoms with Crippen LogP contribution >= 0.6 is 0 Å². The lowest BCUT2D eigenvalue weighted by molar-refractivity contribution is -0.116. The van der Waals surface area contributed by atoms with E-state index in [2.05, 4.69) is 0 Å². The molecule has 132 valence electrons. The molecule has 3 rings (SSSR count). The largest absolute Gasteiger partial charge is 0.455 e. The SMILES string of the molecule is N#C[C@H]1C[C@H](OC(=O)c2ccccc2)[C@H](OC(=O)c2ccccc2)CO1. The molecule has 3 atom stereocenters. The lowest BCUT2D eigenvalue weighted by atomic mass is 10.0. The Balaban J connectivity index is 1.71. The number of carbonyl (C=O) groups is 2. The van der Waals surface area contributed by atoms with Gasteiger partial charge < -0.3 is 14.2 Å². The van der Waals surface area contributed by atoms with E-state index in [-0.39, 0.29) is 13.0 Å². The molecule has 1 aliphatic rings. The molecule has 0 radical (unpaired) electrons. The van der Waals surface area contributed by atoms with Crippen molar-refractivity contribution < 1.29 is 23.8 Å². The van der Waals surface area contributed by atoms with Crippen LogP contribution in [0.1, 0.15) is 27.1 Å². The number of esters is 2. The third-order valence-electron chi connectivity index (χ3n) is 4.00. The van der Waals surface area contributed by atoms with Gasteiger partial charge in [-0.15, -0.1) is 0 Å². The van der Waals surface area contributed by atoms with Crippen molar-refractivity contribution in [1.82, 2.24) is 0 Å². The van der Waals surface area contributed by atoms with Gasteiger partial charge in [0.15, 0.2) is 6.10 Å². The Bertz CT molecular complexity index is 800. The molecular formula is C20H17NO5. The molecule has 6 nitrogen and oxygen atoms in total. The molecule has 0 bridgehead atoms. The normalized spacial score (nSPS) is 22.0. The Morgan fingerprint density at radius 3 is 1.88 bits per heavy atom. The monoisotopic (exact) mass is 351 g/mol. The van der Waals surface area contributed by atoms with Crippen molar-refractivity contribution >= 4 is 11.9 Å². The van der Waals surface area contributed by atoms with Crippen LogP contribution in [0.4, 0.5) is 0 Å². The summed E-state index contributed by atoms with van der Waals surface area (Å²) in [7, 11) is 0. The van der Waals surface area contributed by atoms with Crippen LogP contribution in [0.2, 0.25) is 0 Å². The lowest BCUT2D eigenvalue weighted by Crippen LogP contribution is -2.46. The maximum Gasteiger partial charge on any atom is 0.338 e. The molecule has 1 aliphatic heterocycles. The average molecular weight is 351 g/mol. The molecule has 0 unspecified atom stereocenters. The van der Waals surface area contributed by atoms with E-state index < -0.39 is 30.3 Å². The summed E-state index contributed by atoms with van der Waals surface area (Å²) in [5.74, 6) is -1.06. The van der Waals surface area contributed by atoms with Crippen LogP contribution in [0.3, 0.4) is 0 Å².